The first kappa shape index (κ1) is 12.9. The molecule has 1 heterocycles. The predicted molar refractivity (Wildman–Crippen MR) is 63.9 cm³/mol. The first-order chi connectivity index (χ1) is 7.04. The highest BCUT2D eigenvalue weighted by Gasteiger charge is 2.31. The van der Waals surface area contributed by atoms with Crippen LogP contribution in [0.15, 0.2) is 0 Å². The Morgan fingerprint density at radius 3 is 2.47 bits per heavy atom. The van der Waals surface area contributed by atoms with Gasteiger partial charge in [0.1, 0.15) is 0 Å². The fourth-order valence-electron chi connectivity index (χ4n) is 2.44. The van der Waals surface area contributed by atoms with Gasteiger partial charge in [-0.15, -0.1) is 0 Å². The van der Waals surface area contributed by atoms with Crippen molar-refractivity contribution in [1.82, 2.24) is 4.90 Å². The Balaban J connectivity index is 2.47. The summed E-state index contributed by atoms with van der Waals surface area (Å²) in [5, 5.41) is 0. The summed E-state index contributed by atoms with van der Waals surface area (Å²) in [6.45, 7) is 8.41. The van der Waals surface area contributed by atoms with Crippen molar-refractivity contribution in [2.75, 3.05) is 20.1 Å². The second-order valence-corrected chi connectivity index (χ2v) is 5.20. The number of hydrogen-bond acceptors (Lipinski definition) is 3. The lowest BCUT2D eigenvalue weighted by Gasteiger charge is -2.32. The first-order valence-corrected chi connectivity index (χ1v) is 6.10. The average Bonchev–Trinajstić information content (AvgIpc) is 2.51. The second kappa shape index (κ2) is 5.83. The van der Waals surface area contributed by atoms with E-state index in [1.165, 1.54) is 6.42 Å². The maximum absolute atomic E-state index is 5.90. The minimum Gasteiger partial charge on any atom is -0.374 e. The van der Waals surface area contributed by atoms with E-state index in [1.807, 2.05) is 0 Å². The number of ether oxygens (including phenoxy) is 1. The van der Waals surface area contributed by atoms with E-state index in [-0.39, 0.29) is 0 Å². The fourth-order valence-corrected chi connectivity index (χ4v) is 2.44. The molecule has 3 heteroatoms. The highest BCUT2D eigenvalue weighted by atomic mass is 16.5. The molecule has 0 saturated carbocycles. The van der Waals surface area contributed by atoms with E-state index in [0.29, 0.717) is 30.7 Å². The number of hydrogen-bond donors (Lipinski definition) is 1. The molecule has 2 N–H and O–H groups in total. The Labute approximate surface area is 94.0 Å². The van der Waals surface area contributed by atoms with Crippen molar-refractivity contribution in [2.24, 2.45) is 11.7 Å². The zero-order valence-electron chi connectivity index (χ0n) is 10.6. The quantitative estimate of drug-likeness (QED) is 0.753. The number of nitrogens with zero attached hydrogens (tertiary/aromatic N) is 1. The van der Waals surface area contributed by atoms with Crippen molar-refractivity contribution in [3.63, 3.8) is 0 Å². The second-order valence-electron chi connectivity index (χ2n) is 5.20. The molecule has 1 aliphatic heterocycles. The summed E-state index contributed by atoms with van der Waals surface area (Å²) < 4.78 is 5.90. The van der Waals surface area contributed by atoms with Gasteiger partial charge in [-0.05, 0) is 32.7 Å². The minimum atomic E-state index is 0.341. The van der Waals surface area contributed by atoms with Crippen molar-refractivity contribution >= 4 is 0 Å². The number of likely N-dealkylation sites (N-methyl/N-ethyl adjacent to an activating group) is 1. The molecule has 0 spiro atoms. The summed E-state index contributed by atoms with van der Waals surface area (Å²) in [6, 6.07) is 0.386. The van der Waals surface area contributed by atoms with Gasteiger partial charge < -0.3 is 10.5 Å². The van der Waals surface area contributed by atoms with Gasteiger partial charge in [0.2, 0.25) is 0 Å². The van der Waals surface area contributed by atoms with Crippen LogP contribution < -0.4 is 5.73 Å². The molecule has 3 atom stereocenters. The third-order valence-electron chi connectivity index (χ3n) is 3.15. The van der Waals surface area contributed by atoms with Gasteiger partial charge in [0, 0.05) is 19.1 Å². The third-order valence-corrected chi connectivity index (χ3v) is 3.15. The Kier molecular flexibility index (Phi) is 5.03. The van der Waals surface area contributed by atoms with Crippen molar-refractivity contribution in [3.8, 4) is 0 Å². The van der Waals surface area contributed by atoms with Crippen molar-refractivity contribution in [3.05, 3.63) is 0 Å². The summed E-state index contributed by atoms with van der Waals surface area (Å²) >= 11 is 0. The summed E-state index contributed by atoms with van der Waals surface area (Å²) in [7, 11) is 2.16. The highest BCUT2D eigenvalue weighted by molar-refractivity contribution is 4.84. The standard InChI is InChI=1S/C12H26N2O/c1-9(2)8-14(4)11(7-13)12-6-5-10(3)15-12/h9-12H,5-8,13H2,1-4H3. The van der Waals surface area contributed by atoms with Gasteiger partial charge in [0.15, 0.2) is 0 Å². The Morgan fingerprint density at radius 2 is 2.07 bits per heavy atom. The van der Waals surface area contributed by atoms with Crippen LogP contribution in [0, 0.1) is 5.92 Å². The molecule has 15 heavy (non-hydrogen) atoms. The fraction of sp³-hybridized carbons (Fsp3) is 1.00. The van der Waals surface area contributed by atoms with Crippen LogP contribution in [-0.4, -0.2) is 43.3 Å². The molecule has 3 nitrogen and oxygen atoms in total. The molecule has 0 aromatic carbocycles. The van der Waals surface area contributed by atoms with E-state index in [2.05, 4.69) is 32.7 Å². The smallest absolute Gasteiger partial charge is 0.0746 e. The minimum absolute atomic E-state index is 0.341. The van der Waals surface area contributed by atoms with Crippen LogP contribution >= 0.6 is 0 Å². The van der Waals surface area contributed by atoms with Gasteiger partial charge in [0.25, 0.3) is 0 Å². The van der Waals surface area contributed by atoms with Crippen LogP contribution in [0.2, 0.25) is 0 Å². The van der Waals surface area contributed by atoms with Crippen LogP contribution in [-0.2, 0) is 4.74 Å². The lowest BCUT2D eigenvalue weighted by molar-refractivity contribution is 0.000405. The largest absolute Gasteiger partial charge is 0.374 e. The molecular weight excluding hydrogens is 188 g/mol. The Morgan fingerprint density at radius 1 is 1.40 bits per heavy atom. The predicted octanol–water partition coefficient (Wildman–Crippen LogP) is 1.47. The maximum atomic E-state index is 5.90. The molecule has 3 unspecified atom stereocenters. The lowest BCUT2D eigenvalue weighted by atomic mass is 10.0. The van der Waals surface area contributed by atoms with E-state index >= 15 is 0 Å². The van der Waals surface area contributed by atoms with E-state index in [4.69, 9.17) is 10.5 Å². The van der Waals surface area contributed by atoms with Crippen LogP contribution in [0.5, 0.6) is 0 Å². The summed E-state index contributed by atoms with van der Waals surface area (Å²) in [5.74, 6) is 0.683. The molecular formula is C12H26N2O. The molecule has 1 aliphatic rings. The van der Waals surface area contributed by atoms with Crippen LogP contribution in [0.25, 0.3) is 0 Å². The highest BCUT2D eigenvalue weighted by Crippen LogP contribution is 2.23. The maximum Gasteiger partial charge on any atom is 0.0746 e. The zero-order chi connectivity index (χ0) is 11.4. The molecule has 0 amide bonds. The molecule has 1 saturated heterocycles. The SMILES string of the molecule is CC(C)CN(C)C(CN)C1CCC(C)O1. The first-order valence-electron chi connectivity index (χ1n) is 6.10. The number of rotatable bonds is 5. The molecule has 0 aromatic heterocycles. The van der Waals surface area contributed by atoms with Gasteiger partial charge in [-0.1, -0.05) is 13.8 Å². The van der Waals surface area contributed by atoms with Crippen molar-refractivity contribution in [2.45, 2.75) is 51.9 Å². The molecule has 90 valence electrons. The van der Waals surface area contributed by atoms with Gasteiger partial charge in [-0.25, -0.2) is 0 Å². The van der Waals surface area contributed by atoms with Crippen LogP contribution in [0.3, 0.4) is 0 Å². The van der Waals surface area contributed by atoms with E-state index < -0.39 is 0 Å². The van der Waals surface area contributed by atoms with E-state index in [1.54, 1.807) is 0 Å². The molecule has 0 aromatic rings. The normalized spacial score (nSPS) is 29.0. The summed E-state index contributed by atoms with van der Waals surface area (Å²) in [6.07, 6.45) is 3.09. The van der Waals surface area contributed by atoms with E-state index in [0.717, 1.165) is 13.0 Å². The van der Waals surface area contributed by atoms with Gasteiger partial charge in [0.05, 0.1) is 12.2 Å². The molecule has 0 bridgehead atoms. The monoisotopic (exact) mass is 214 g/mol. The number of nitrogens with two attached hydrogens (primary N) is 1. The third kappa shape index (κ3) is 3.74. The van der Waals surface area contributed by atoms with Gasteiger partial charge >= 0.3 is 0 Å². The van der Waals surface area contributed by atoms with Gasteiger partial charge in [-0.3, -0.25) is 4.90 Å². The summed E-state index contributed by atoms with van der Waals surface area (Å²) in [5.41, 5.74) is 5.85. The van der Waals surface area contributed by atoms with E-state index in [9.17, 15) is 0 Å². The topological polar surface area (TPSA) is 38.5 Å². The van der Waals surface area contributed by atoms with Gasteiger partial charge in [-0.2, -0.15) is 0 Å². The molecule has 0 radical (unpaired) electrons. The van der Waals surface area contributed by atoms with Crippen molar-refractivity contribution in [1.29, 1.82) is 0 Å². The lowest BCUT2D eigenvalue weighted by Crippen LogP contribution is -2.47. The molecule has 1 fully saturated rings. The molecule has 0 aliphatic carbocycles. The van der Waals surface area contributed by atoms with Crippen LogP contribution in [0.4, 0.5) is 0 Å². The zero-order valence-corrected chi connectivity index (χ0v) is 10.6. The average molecular weight is 214 g/mol. The summed E-state index contributed by atoms with van der Waals surface area (Å²) in [4.78, 5) is 2.35. The molecule has 1 rings (SSSR count). The Hall–Kier alpha value is -0.120. The van der Waals surface area contributed by atoms with Crippen molar-refractivity contribution < 1.29 is 4.74 Å². The Bertz CT molecular complexity index is 184. The van der Waals surface area contributed by atoms with Crippen LogP contribution in [0.1, 0.15) is 33.6 Å².